The van der Waals surface area contributed by atoms with Crippen LogP contribution in [0.1, 0.15) is 38.4 Å². The first-order valence-corrected chi connectivity index (χ1v) is 6.30. The van der Waals surface area contributed by atoms with Gasteiger partial charge >= 0.3 is 5.97 Å². The van der Waals surface area contributed by atoms with Crippen molar-refractivity contribution >= 4 is 5.97 Å². The zero-order valence-corrected chi connectivity index (χ0v) is 11.2. The molecule has 1 rings (SSSR count). The zero-order chi connectivity index (χ0) is 14.3. The summed E-state index contributed by atoms with van der Waals surface area (Å²) in [6, 6.07) is 3.78. The van der Waals surface area contributed by atoms with Gasteiger partial charge in [0.1, 0.15) is 11.6 Å². The van der Waals surface area contributed by atoms with E-state index >= 15 is 0 Å². The van der Waals surface area contributed by atoms with E-state index in [1.807, 2.05) is 6.92 Å². The molecule has 0 aliphatic rings. The Morgan fingerprint density at radius 3 is 2.84 bits per heavy atom. The van der Waals surface area contributed by atoms with Crippen molar-refractivity contribution < 1.29 is 23.8 Å². The number of rotatable bonds is 7. The van der Waals surface area contributed by atoms with Crippen molar-refractivity contribution in [2.24, 2.45) is 0 Å². The van der Waals surface area contributed by atoms with Gasteiger partial charge in [0.25, 0.3) is 0 Å². The fraction of sp³-hybridized carbons (Fsp3) is 0.500. The van der Waals surface area contributed by atoms with Crippen LogP contribution < -0.4 is 4.74 Å². The number of benzene rings is 1. The first kappa shape index (κ1) is 15.4. The van der Waals surface area contributed by atoms with Crippen LogP contribution in [0.2, 0.25) is 0 Å². The van der Waals surface area contributed by atoms with Crippen LogP contribution in [-0.4, -0.2) is 24.3 Å². The molecule has 1 atom stereocenters. The average molecular weight is 270 g/mol. The molecule has 0 aliphatic heterocycles. The molecule has 0 fully saturated rings. The van der Waals surface area contributed by atoms with Crippen molar-refractivity contribution in [3.8, 4) is 5.75 Å². The Hall–Kier alpha value is -1.62. The third kappa shape index (κ3) is 5.26. The number of ether oxygens (including phenoxy) is 2. The molecular formula is C14H19FO4. The third-order valence-corrected chi connectivity index (χ3v) is 2.53. The number of aliphatic hydroxyl groups excluding tert-OH is 1. The van der Waals surface area contributed by atoms with Crippen LogP contribution in [0.3, 0.4) is 0 Å². The van der Waals surface area contributed by atoms with Gasteiger partial charge in [-0.2, -0.15) is 0 Å². The van der Waals surface area contributed by atoms with E-state index in [1.54, 1.807) is 0 Å². The second-order valence-corrected chi connectivity index (χ2v) is 4.22. The summed E-state index contributed by atoms with van der Waals surface area (Å²) in [5.41, 5.74) is 0.307. The summed E-state index contributed by atoms with van der Waals surface area (Å²) in [6.45, 7) is 3.61. The van der Waals surface area contributed by atoms with Gasteiger partial charge in [0.05, 0.1) is 12.7 Å². The molecule has 0 aliphatic carbocycles. The molecular weight excluding hydrogens is 251 g/mol. The maximum absolute atomic E-state index is 13.1. The Morgan fingerprint density at radius 1 is 1.47 bits per heavy atom. The van der Waals surface area contributed by atoms with Crippen molar-refractivity contribution in [2.75, 3.05) is 13.2 Å². The van der Waals surface area contributed by atoms with Crippen LogP contribution in [0.4, 0.5) is 4.39 Å². The molecule has 0 spiro atoms. The highest BCUT2D eigenvalue weighted by Gasteiger charge is 2.12. The second kappa shape index (κ2) is 7.74. The standard InChI is InChI=1S/C14H19FO4/c1-3-4-7-18-14(17)9-19-13-6-5-11(15)8-12(13)10(2)16/h5-6,8,10,16H,3-4,7,9H2,1-2H3/t10-/m0/s1. The predicted molar refractivity (Wildman–Crippen MR) is 68.4 cm³/mol. The molecule has 19 heavy (non-hydrogen) atoms. The summed E-state index contributed by atoms with van der Waals surface area (Å²) < 4.78 is 23.2. The maximum Gasteiger partial charge on any atom is 0.344 e. The van der Waals surface area contributed by atoms with E-state index in [9.17, 15) is 14.3 Å². The van der Waals surface area contributed by atoms with Gasteiger partial charge in [-0.15, -0.1) is 0 Å². The summed E-state index contributed by atoms with van der Waals surface area (Å²) in [5, 5.41) is 9.50. The Bertz CT molecular complexity index is 418. The highest BCUT2D eigenvalue weighted by atomic mass is 19.1. The molecule has 0 saturated carbocycles. The van der Waals surface area contributed by atoms with E-state index in [1.165, 1.54) is 25.1 Å². The van der Waals surface area contributed by atoms with Crippen LogP contribution >= 0.6 is 0 Å². The van der Waals surface area contributed by atoms with E-state index in [2.05, 4.69) is 0 Å². The van der Waals surface area contributed by atoms with E-state index in [4.69, 9.17) is 9.47 Å². The molecule has 1 N–H and O–H groups in total. The highest BCUT2D eigenvalue weighted by Crippen LogP contribution is 2.25. The monoisotopic (exact) mass is 270 g/mol. The molecule has 0 heterocycles. The normalized spacial score (nSPS) is 12.0. The molecule has 4 nitrogen and oxygen atoms in total. The lowest BCUT2D eigenvalue weighted by Gasteiger charge is -2.13. The van der Waals surface area contributed by atoms with Gasteiger partial charge in [0, 0.05) is 5.56 Å². The van der Waals surface area contributed by atoms with Gasteiger partial charge in [0.2, 0.25) is 0 Å². The van der Waals surface area contributed by atoms with Crippen LogP contribution in [-0.2, 0) is 9.53 Å². The minimum Gasteiger partial charge on any atom is -0.482 e. The number of aliphatic hydroxyl groups is 1. The molecule has 0 radical (unpaired) electrons. The van der Waals surface area contributed by atoms with Crippen molar-refractivity contribution in [1.82, 2.24) is 0 Å². The number of hydrogen-bond acceptors (Lipinski definition) is 4. The summed E-state index contributed by atoms with van der Waals surface area (Å²) >= 11 is 0. The number of carbonyl (C=O) groups is 1. The lowest BCUT2D eigenvalue weighted by molar-refractivity contribution is -0.146. The molecule has 0 amide bonds. The third-order valence-electron chi connectivity index (χ3n) is 2.53. The van der Waals surface area contributed by atoms with E-state index < -0.39 is 17.9 Å². The van der Waals surface area contributed by atoms with Gasteiger partial charge in [-0.1, -0.05) is 13.3 Å². The van der Waals surface area contributed by atoms with Crippen molar-refractivity contribution in [3.05, 3.63) is 29.6 Å². The van der Waals surface area contributed by atoms with Crippen molar-refractivity contribution in [1.29, 1.82) is 0 Å². The highest BCUT2D eigenvalue weighted by molar-refractivity contribution is 5.71. The largest absolute Gasteiger partial charge is 0.482 e. The smallest absolute Gasteiger partial charge is 0.344 e. The SMILES string of the molecule is CCCCOC(=O)COc1ccc(F)cc1[C@H](C)O. The Kier molecular flexibility index (Phi) is 6.29. The van der Waals surface area contributed by atoms with Gasteiger partial charge in [-0.05, 0) is 31.5 Å². The molecule has 5 heteroatoms. The summed E-state index contributed by atoms with van der Waals surface area (Å²) in [7, 11) is 0. The van der Waals surface area contributed by atoms with Crippen LogP contribution in [0.5, 0.6) is 5.75 Å². The number of halogens is 1. The lowest BCUT2D eigenvalue weighted by Crippen LogP contribution is -2.16. The second-order valence-electron chi connectivity index (χ2n) is 4.22. The first-order valence-electron chi connectivity index (χ1n) is 6.30. The molecule has 0 saturated heterocycles. The topological polar surface area (TPSA) is 55.8 Å². The van der Waals surface area contributed by atoms with E-state index in [0.717, 1.165) is 12.8 Å². The number of esters is 1. The number of unbranched alkanes of at least 4 members (excludes halogenated alkanes) is 1. The Labute approximate surface area is 112 Å². The fourth-order valence-corrected chi connectivity index (χ4v) is 1.49. The summed E-state index contributed by atoms with van der Waals surface area (Å²) in [5.74, 6) is -0.660. The van der Waals surface area contributed by atoms with Gasteiger partial charge in [-0.3, -0.25) is 0 Å². The van der Waals surface area contributed by atoms with Crippen LogP contribution in [0, 0.1) is 5.82 Å². The van der Waals surface area contributed by atoms with Crippen molar-refractivity contribution in [2.45, 2.75) is 32.8 Å². The summed E-state index contributed by atoms with van der Waals surface area (Å²) in [4.78, 5) is 11.4. The quantitative estimate of drug-likeness (QED) is 0.611. The average Bonchev–Trinajstić information content (AvgIpc) is 2.37. The molecule has 0 bridgehead atoms. The molecule has 1 aromatic rings. The minimum atomic E-state index is -0.873. The minimum absolute atomic E-state index is 0.255. The number of carbonyl (C=O) groups excluding carboxylic acids is 1. The van der Waals surface area contributed by atoms with E-state index in [-0.39, 0.29) is 12.4 Å². The fourth-order valence-electron chi connectivity index (χ4n) is 1.49. The van der Waals surface area contributed by atoms with Gasteiger partial charge in [0.15, 0.2) is 6.61 Å². The molecule has 0 unspecified atom stereocenters. The maximum atomic E-state index is 13.1. The van der Waals surface area contributed by atoms with Crippen LogP contribution in [0.25, 0.3) is 0 Å². The van der Waals surface area contributed by atoms with E-state index in [0.29, 0.717) is 12.2 Å². The van der Waals surface area contributed by atoms with Gasteiger partial charge < -0.3 is 14.6 Å². The van der Waals surface area contributed by atoms with Crippen LogP contribution in [0.15, 0.2) is 18.2 Å². The molecule has 1 aromatic carbocycles. The Balaban J connectivity index is 2.55. The zero-order valence-electron chi connectivity index (χ0n) is 11.2. The number of hydrogen-bond donors (Lipinski definition) is 1. The Morgan fingerprint density at radius 2 is 2.21 bits per heavy atom. The molecule has 106 valence electrons. The summed E-state index contributed by atoms with van der Waals surface area (Å²) in [6.07, 6.45) is 0.876. The molecule has 0 aromatic heterocycles. The lowest BCUT2D eigenvalue weighted by atomic mass is 10.1. The van der Waals surface area contributed by atoms with Crippen molar-refractivity contribution in [3.63, 3.8) is 0 Å². The first-order chi connectivity index (χ1) is 9.04. The van der Waals surface area contributed by atoms with Gasteiger partial charge in [-0.25, -0.2) is 9.18 Å². The predicted octanol–water partition coefficient (Wildman–Crippen LogP) is 2.60.